The van der Waals surface area contributed by atoms with Gasteiger partial charge in [-0.05, 0) is 19.4 Å². The van der Waals surface area contributed by atoms with E-state index in [1.165, 1.54) is 12.8 Å². The van der Waals surface area contributed by atoms with E-state index in [0.29, 0.717) is 38.2 Å². The molecule has 0 bridgehead atoms. The predicted octanol–water partition coefficient (Wildman–Crippen LogP) is 2.74. The summed E-state index contributed by atoms with van der Waals surface area (Å²) in [6, 6.07) is 1.82. The molecular weight excluding hydrogens is 332 g/mol. The zero-order valence-electron chi connectivity index (χ0n) is 16.2. The van der Waals surface area contributed by atoms with E-state index in [1.54, 1.807) is 11.7 Å². The second kappa shape index (κ2) is 7.68. The van der Waals surface area contributed by atoms with E-state index >= 15 is 0 Å². The monoisotopic (exact) mass is 362 g/mol. The van der Waals surface area contributed by atoms with E-state index in [0.717, 1.165) is 25.1 Å². The maximum Gasteiger partial charge on any atom is 0.410 e. The van der Waals surface area contributed by atoms with E-state index in [2.05, 4.69) is 12.0 Å². The van der Waals surface area contributed by atoms with Gasteiger partial charge in [0.1, 0.15) is 11.3 Å². The van der Waals surface area contributed by atoms with Crippen molar-refractivity contribution in [3.63, 3.8) is 0 Å². The molecule has 2 fully saturated rings. The lowest BCUT2D eigenvalue weighted by Crippen LogP contribution is -2.49. The largest absolute Gasteiger partial charge is 0.441 e. The lowest BCUT2D eigenvalue weighted by Gasteiger charge is -2.37. The van der Waals surface area contributed by atoms with E-state index < -0.39 is 5.60 Å². The number of carbonyl (C=O) groups excluding carboxylic acids is 2. The summed E-state index contributed by atoms with van der Waals surface area (Å²) in [5.74, 6) is 0.00342. The molecule has 0 radical (unpaired) electrons. The van der Waals surface area contributed by atoms with Gasteiger partial charge in [0.25, 0.3) is 5.91 Å². The standard InChI is InChI=1S/C19H30N4O3/c1-4-5-6-7-10-23-14-19(26-18(23)25)8-11-22(12-9-19)17(24)16-13-15(2)20-21(16)3/h13H,4-12,14H2,1-3H3. The summed E-state index contributed by atoms with van der Waals surface area (Å²) in [6.45, 7) is 6.72. The minimum Gasteiger partial charge on any atom is -0.441 e. The molecule has 0 N–H and O–H groups in total. The van der Waals surface area contributed by atoms with Crippen LogP contribution in [-0.4, -0.2) is 63.4 Å². The molecule has 2 aliphatic rings. The number of piperidine rings is 1. The average molecular weight is 362 g/mol. The third kappa shape index (κ3) is 3.86. The first-order chi connectivity index (χ1) is 12.4. The molecule has 1 aromatic rings. The number of unbranched alkanes of at least 4 members (excludes halogenated alkanes) is 3. The van der Waals surface area contributed by atoms with E-state index in [4.69, 9.17) is 4.74 Å². The van der Waals surface area contributed by atoms with Crippen LogP contribution >= 0.6 is 0 Å². The molecule has 2 amide bonds. The van der Waals surface area contributed by atoms with Gasteiger partial charge in [-0.3, -0.25) is 9.48 Å². The van der Waals surface area contributed by atoms with Crippen molar-refractivity contribution in [3.05, 3.63) is 17.5 Å². The van der Waals surface area contributed by atoms with Gasteiger partial charge in [-0.2, -0.15) is 5.10 Å². The fourth-order valence-corrected chi connectivity index (χ4v) is 3.94. The Morgan fingerprint density at radius 3 is 2.62 bits per heavy atom. The Labute approximate surface area is 155 Å². The first-order valence-corrected chi connectivity index (χ1v) is 9.72. The molecule has 26 heavy (non-hydrogen) atoms. The van der Waals surface area contributed by atoms with Crippen molar-refractivity contribution in [1.82, 2.24) is 19.6 Å². The Balaban J connectivity index is 1.54. The van der Waals surface area contributed by atoms with Gasteiger partial charge in [-0.15, -0.1) is 0 Å². The van der Waals surface area contributed by atoms with Crippen LogP contribution in [0, 0.1) is 6.92 Å². The lowest BCUT2D eigenvalue weighted by atomic mass is 9.91. The van der Waals surface area contributed by atoms with Gasteiger partial charge in [0.2, 0.25) is 0 Å². The number of aryl methyl sites for hydroxylation is 2. The molecule has 7 heteroatoms. The third-order valence-electron chi connectivity index (χ3n) is 5.51. The van der Waals surface area contributed by atoms with Crippen molar-refractivity contribution in [2.24, 2.45) is 7.05 Å². The number of ether oxygens (including phenoxy) is 1. The summed E-state index contributed by atoms with van der Waals surface area (Å²) in [7, 11) is 1.79. The molecule has 2 aliphatic heterocycles. The Bertz CT molecular complexity index is 662. The van der Waals surface area contributed by atoms with E-state index in [1.807, 2.05) is 22.8 Å². The van der Waals surface area contributed by atoms with Crippen molar-refractivity contribution in [3.8, 4) is 0 Å². The number of hydrogen-bond acceptors (Lipinski definition) is 4. The highest BCUT2D eigenvalue weighted by Gasteiger charge is 2.47. The Kier molecular flexibility index (Phi) is 5.53. The minimum absolute atomic E-state index is 0.00342. The number of hydrogen-bond donors (Lipinski definition) is 0. The van der Waals surface area contributed by atoms with Crippen molar-refractivity contribution >= 4 is 12.0 Å². The van der Waals surface area contributed by atoms with Gasteiger partial charge in [-0.1, -0.05) is 26.2 Å². The van der Waals surface area contributed by atoms with Crippen LogP contribution in [0.15, 0.2) is 6.07 Å². The van der Waals surface area contributed by atoms with Crippen molar-refractivity contribution in [1.29, 1.82) is 0 Å². The van der Waals surface area contributed by atoms with Gasteiger partial charge in [-0.25, -0.2) is 4.79 Å². The molecule has 0 aromatic carbocycles. The van der Waals surface area contributed by atoms with Gasteiger partial charge < -0.3 is 14.5 Å². The van der Waals surface area contributed by atoms with Crippen LogP contribution in [0.3, 0.4) is 0 Å². The van der Waals surface area contributed by atoms with Crippen LogP contribution in [0.25, 0.3) is 0 Å². The number of likely N-dealkylation sites (tertiary alicyclic amines) is 1. The number of rotatable bonds is 6. The molecule has 2 saturated heterocycles. The summed E-state index contributed by atoms with van der Waals surface area (Å²) in [6.07, 6.45) is 5.79. The fourth-order valence-electron chi connectivity index (χ4n) is 3.94. The molecule has 3 rings (SSSR count). The molecule has 0 unspecified atom stereocenters. The summed E-state index contributed by atoms with van der Waals surface area (Å²) >= 11 is 0. The van der Waals surface area contributed by atoms with Gasteiger partial charge in [0, 0.05) is 39.5 Å². The molecule has 1 aromatic heterocycles. The first-order valence-electron chi connectivity index (χ1n) is 9.72. The highest BCUT2D eigenvalue weighted by Crippen LogP contribution is 2.33. The molecule has 1 spiro atoms. The van der Waals surface area contributed by atoms with Gasteiger partial charge >= 0.3 is 6.09 Å². The minimum atomic E-state index is -0.416. The maximum atomic E-state index is 12.7. The fraction of sp³-hybridized carbons (Fsp3) is 0.737. The molecule has 3 heterocycles. The van der Waals surface area contributed by atoms with Crippen LogP contribution in [-0.2, 0) is 11.8 Å². The van der Waals surface area contributed by atoms with Crippen LogP contribution < -0.4 is 0 Å². The second-order valence-corrected chi connectivity index (χ2v) is 7.62. The third-order valence-corrected chi connectivity index (χ3v) is 5.51. The Hall–Kier alpha value is -2.05. The summed E-state index contributed by atoms with van der Waals surface area (Å²) in [5.41, 5.74) is 1.04. The second-order valence-electron chi connectivity index (χ2n) is 7.62. The quantitative estimate of drug-likeness (QED) is 0.730. The van der Waals surface area contributed by atoms with E-state index in [-0.39, 0.29) is 12.0 Å². The van der Waals surface area contributed by atoms with Crippen LogP contribution in [0.1, 0.15) is 61.6 Å². The summed E-state index contributed by atoms with van der Waals surface area (Å²) in [4.78, 5) is 28.6. The summed E-state index contributed by atoms with van der Waals surface area (Å²) in [5, 5.41) is 4.25. The van der Waals surface area contributed by atoms with Crippen molar-refractivity contribution in [2.45, 2.75) is 58.0 Å². The zero-order valence-corrected chi connectivity index (χ0v) is 16.2. The van der Waals surface area contributed by atoms with Crippen molar-refractivity contribution in [2.75, 3.05) is 26.2 Å². The molecule has 0 atom stereocenters. The smallest absolute Gasteiger partial charge is 0.410 e. The molecular formula is C19H30N4O3. The maximum absolute atomic E-state index is 12.7. The summed E-state index contributed by atoms with van der Waals surface area (Å²) < 4.78 is 7.39. The molecule has 7 nitrogen and oxygen atoms in total. The van der Waals surface area contributed by atoms with Gasteiger partial charge in [0.15, 0.2) is 0 Å². The number of nitrogens with zero attached hydrogens (tertiary/aromatic N) is 4. The van der Waals surface area contributed by atoms with Crippen LogP contribution in [0.5, 0.6) is 0 Å². The highest BCUT2D eigenvalue weighted by atomic mass is 16.6. The topological polar surface area (TPSA) is 67.7 Å². The van der Waals surface area contributed by atoms with E-state index in [9.17, 15) is 9.59 Å². The highest BCUT2D eigenvalue weighted by molar-refractivity contribution is 5.92. The first kappa shape index (κ1) is 18.7. The SMILES string of the molecule is CCCCCCN1CC2(CCN(C(=O)c3cc(C)nn3C)CC2)OC1=O. The molecule has 144 valence electrons. The number of aromatic nitrogens is 2. The Morgan fingerprint density at radius 2 is 2.00 bits per heavy atom. The number of amides is 2. The predicted molar refractivity (Wildman–Crippen MR) is 98.0 cm³/mol. The van der Waals surface area contributed by atoms with Crippen molar-refractivity contribution < 1.29 is 14.3 Å². The average Bonchev–Trinajstić information content (AvgIpc) is 3.10. The normalized spacial score (nSPS) is 19.3. The Morgan fingerprint density at radius 1 is 1.27 bits per heavy atom. The van der Waals surface area contributed by atoms with Gasteiger partial charge in [0.05, 0.1) is 12.2 Å². The molecule has 0 saturated carbocycles. The van der Waals surface area contributed by atoms with Crippen LogP contribution in [0.2, 0.25) is 0 Å². The molecule has 0 aliphatic carbocycles. The zero-order chi connectivity index (χ0) is 18.7. The van der Waals surface area contributed by atoms with Crippen LogP contribution in [0.4, 0.5) is 4.79 Å². The lowest BCUT2D eigenvalue weighted by molar-refractivity contribution is 0.00284. The number of carbonyl (C=O) groups is 2.